The van der Waals surface area contributed by atoms with E-state index < -0.39 is 44.5 Å². The van der Waals surface area contributed by atoms with Crippen molar-refractivity contribution in [3.63, 3.8) is 0 Å². The summed E-state index contributed by atoms with van der Waals surface area (Å²) in [6, 6.07) is 12.7. The highest BCUT2D eigenvalue weighted by Gasteiger charge is 2.38. The molecule has 1 N–H and O–H groups in total. The highest BCUT2D eigenvalue weighted by Crippen LogP contribution is 2.43. The number of ether oxygens (including phenoxy) is 1. The van der Waals surface area contributed by atoms with Crippen molar-refractivity contribution in [2.45, 2.75) is 35.9 Å². The zero-order valence-corrected chi connectivity index (χ0v) is 22.3. The molecular weight excluding hydrogens is 576 g/mol. The van der Waals surface area contributed by atoms with Crippen LogP contribution in [-0.2, 0) is 21.0 Å². The Morgan fingerprint density at radius 3 is 2.45 bits per heavy atom. The van der Waals surface area contributed by atoms with Crippen molar-refractivity contribution in [3.05, 3.63) is 82.6 Å². The van der Waals surface area contributed by atoms with Gasteiger partial charge in [0.2, 0.25) is 0 Å². The van der Waals surface area contributed by atoms with Crippen LogP contribution in [0.15, 0.2) is 65.6 Å². The van der Waals surface area contributed by atoms with Gasteiger partial charge in [-0.25, -0.2) is 12.8 Å². The van der Waals surface area contributed by atoms with Gasteiger partial charge in [0.05, 0.1) is 22.7 Å². The number of sulfonamides is 1. The van der Waals surface area contributed by atoms with Crippen molar-refractivity contribution >= 4 is 39.0 Å². The highest BCUT2D eigenvalue weighted by atomic mass is 35.5. The highest BCUT2D eigenvalue weighted by molar-refractivity contribution is 7.92. The second-order valence-corrected chi connectivity index (χ2v) is 11.9. The Balaban J connectivity index is 1.48. The standard InChI is InChI=1S/C27H23ClF4N2O5S/c28-21-5-2-6-22(29)26(21)16-13-33(14-16)18-7-9-24-23(12-18)34(15-19(39-24)8-10-25(35)36)40(37,38)20-4-1-3-17(11-20)27(30,31)32/h1-7,9,11-12,16,19H,8,10,13-15H2,(H,35,36)/t19-/m0/s1. The summed E-state index contributed by atoms with van der Waals surface area (Å²) in [7, 11) is -4.51. The lowest BCUT2D eigenvalue weighted by molar-refractivity contribution is -0.138. The number of benzene rings is 3. The number of nitrogens with zero attached hydrogens (tertiary/aromatic N) is 2. The van der Waals surface area contributed by atoms with Crippen molar-refractivity contribution in [2.24, 2.45) is 0 Å². The van der Waals surface area contributed by atoms with Crippen molar-refractivity contribution in [1.29, 1.82) is 0 Å². The van der Waals surface area contributed by atoms with Gasteiger partial charge in [0.25, 0.3) is 10.0 Å². The van der Waals surface area contributed by atoms with E-state index in [9.17, 15) is 30.8 Å². The molecule has 13 heteroatoms. The van der Waals surface area contributed by atoms with E-state index in [4.69, 9.17) is 21.4 Å². The molecule has 0 aromatic heterocycles. The van der Waals surface area contributed by atoms with Gasteiger partial charge in [-0.2, -0.15) is 13.2 Å². The van der Waals surface area contributed by atoms with E-state index in [1.165, 1.54) is 18.2 Å². The van der Waals surface area contributed by atoms with Gasteiger partial charge in [-0.05, 0) is 55.0 Å². The molecule has 40 heavy (non-hydrogen) atoms. The Morgan fingerprint density at radius 2 is 1.77 bits per heavy atom. The number of carboxylic acids is 1. The molecule has 0 saturated carbocycles. The lowest BCUT2D eigenvalue weighted by atomic mass is 9.90. The number of anilines is 2. The molecule has 1 atom stereocenters. The van der Waals surface area contributed by atoms with Crippen molar-refractivity contribution in [2.75, 3.05) is 28.8 Å². The summed E-state index contributed by atoms with van der Waals surface area (Å²) in [5.41, 5.74) is -0.0125. The van der Waals surface area contributed by atoms with E-state index in [1.54, 1.807) is 18.2 Å². The number of rotatable bonds is 7. The monoisotopic (exact) mass is 598 g/mol. The molecule has 0 radical (unpaired) electrons. The number of alkyl halides is 3. The molecule has 5 rings (SSSR count). The molecule has 2 aliphatic rings. The molecule has 0 bridgehead atoms. The summed E-state index contributed by atoms with van der Waals surface area (Å²) in [6.07, 6.45) is -5.89. The van der Waals surface area contributed by atoms with Gasteiger partial charge in [-0.3, -0.25) is 9.10 Å². The quantitative estimate of drug-likeness (QED) is 0.340. The van der Waals surface area contributed by atoms with Crippen LogP contribution < -0.4 is 13.9 Å². The average molecular weight is 599 g/mol. The van der Waals surface area contributed by atoms with Crippen LogP contribution in [0.5, 0.6) is 5.75 Å². The second kappa shape index (κ2) is 10.5. The minimum Gasteiger partial charge on any atom is -0.486 e. The second-order valence-electron chi connectivity index (χ2n) is 9.62. The third-order valence-electron chi connectivity index (χ3n) is 6.96. The minimum atomic E-state index is -4.75. The molecule has 0 spiro atoms. The number of fused-ring (bicyclic) bond motifs is 1. The molecular formula is C27H23ClF4N2O5S. The van der Waals surface area contributed by atoms with Gasteiger partial charge in [-0.1, -0.05) is 23.7 Å². The number of carboxylic acid groups (broad SMARTS) is 1. The Bertz CT molecular complexity index is 1540. The zero-order valence-electron chi connectivity index (χ0n) is 20.7. The molecule has 212 valence electrons. The Hall–Kier alpha value is -3.51. The van der Waals surface area contributed by atoms with Crippen LogP contribution in [0, 0.1) is 5.82 Å². The molecule has 7 nitrogen and oxygen atoms in total. The van der Waals surface area contributed by atoms with Crippen LogP contribution in [0.25, 0.3) is 0 Å². The largest absolute Gasteiger partial charge is 0.486 e. The maximum Gasteiger partial charge on any atom is 0.416 e. The number of carbonyl (C=O) groups is 1. The van der Waals surface area contributed by atoms with Crippen molar-refractivity contribution < 1.29 is 40.6 Å². The van der Waals surface area contributed by atoms with E-state index >= 15 is 0 Å². The molecule has 0 unspecified atom stereocenters. The van der Waals surface area contributed by atoms with Gasteiger partial charge < -0.3 is 14.7 Å². The fourth-order valence-corrected chi connectivity index (χ4v) is 6.75. The van der Waals surface area contributed by atoms with Gasteiger partial charge >= 0.3 is 12.1 Å². The maximum absolute atomic E-state index is 14.4. The first-order valence-electron chi connectivity index (χ1n) is 12.3. The van der Waals surface area contributed by atoms with E-state index in [1.807, 2.05) is 4.90 Å². The predicted octanol–water partition coefficient (Wildman–Crippen LogP) is 5.92. The van der Waals surface area contributed by atoms with E-state index in [2.05, 4.69) is 0 Å². The molecule has 2 heterocycles. The zero-order chi connectivity index (χ0) is 28.8. The van der Waals surface area contributed by atoms with Crippen molar-refractivity contribution in [1.82, 2.24) is 0 Å². The summed E-state index contributed by atoms with van der Waals surface area (Å²) in [4.78, 5) is 12.4. The summed E-state index contributed by atoms with van der Waals surface area (Å²) >= 11 is 6.20. The number of halogens is 5. The lowest BCUT2D eigenvalue weighted by Crippen LogP contribution is -2.46. The smallest absolute Gasteiger partial charge is 0.416 e. The Labute approximate surface area is 232 Å². The average Bonchev–Trinajstić information content (AvgIpc) is 2.87. The summed E-state index contributed by atoms with van der Waals surface area (Å²) in [6.45, 7) is 0.513. The first-order chi connectivity index (χ1) is 18.8. The van der Waals surface area contributed by atoms with Crippen LogP contribution in [0.2, 0.25) is 5.02 Å². The van der Waals surface area contributed by atoms with Gasteiger partial charge in [-0.15, -0.1) is 0 Å². The SMILES string of the molecule is O=C(O)CC[C@H]1CN(S(=O)(=O)c2cccc(C(F)(F)F)c2)c2cc(N3CC(c4c(F)cccc4Cl)C3)ccc2O1. The minimum absolute atomic E-state index is 0.0116. The fraction of sp³-hybridized carbons (Fsp3) is 0.296. The molecule has 3 aromatic rings. The van der Waals surface area contributed by atoms with Crippen LogP contribution >= 0.6 is 11.6 Å². The Kier molecular flexibility index (Phi) is 7.34. The lowest BCUT2D eigenvalue weighted by Gasteiger charge is -2.43. The fourth-order valence-electron chi connectivity index (χ4n) is 4.89. The third-order valence-corrected chi connectivity index (χ3v) is 9.06. The van der Waals surface area contributed by atoms with Gasteiger partial charge in [0, 0.05) is 41.7 Å². The maximum atomic E-state index is 14.4. The number of hydrogen-bond acceptors (Lipinski definition) is 5. The molecule has 1 saturated heterocycles. The van der Waals surface area contributed by atoms with Crippen molar-refractivity contribution in [3.8, 4) is 5.75 Å². The van der Waals surface area contributed by atoms with Crippen LogP contribution in [0.4, 0.5) is 28.9 Å². The summed E-state index contributed by atoms with van der Waals surface area (Å²) in [5, 5.41) is 9.40. The first kappa shape index (κ1) is 28.0. The normalized spacial score (nSPS) is 17.7. The number of aliphatic carboxylic acids is 1. The van der Waals surface area contributed by atoms with E-state index in [0.717, 1.165) is 22.5 Å². The Morgan fingerprint density at radius 1 is 1.05 bits per heavy atom. The topological polar surface area (TPSA) is 87.2 Å². The molecule has 2 aliphatic heterocycles. The summed E-state index contributed by atoms with van der Waals surface area (Å²) in [5.74, 6) is -1.55. The number of hydrogen-bond donors (Lipinski definition) is 1. The molecule has 0 amide bonds. The molecule has 3 aromatic carbocycles. The van der Waals surface area contributed by atoms with E-state index in [-0.39, 0.29) is 36.7 Å². The van der Waals surface area contributed by atoms with Crippen LogP contribution in [-0.4, -0.2) is 45.2 Å². The molecule has 1 fully saturated rings. The van der Waals surface area contributed by atoms with Crippen LogP contribution in [0.3, 0.4) is 0 Å². The third kappa shape index (κ3) is 5.42. The summed E-state index contributed by atoms with van der Waals surface area (Å²) < 4.78 is 88.7. The van der Waals surface area contributed by atoms with Gasteiger partial charge in [0.15, 0.2) is 0 Å². The predicted molar refractivity (Wildman–Crippen MR) is 140 cm³/mol. The van der Waals surface area contributed by atoms with Crippen LogP contribution in [0.1, 0.15) is 29.9 Å². The first-order valence-corrected chi connectivity index (χ1v) is 14.1. The van der Waals surface area contributed by atoms with Gasteiger partial charge in [0.1, 0.15) is 17.7 Å². The molecule has 0 aliphatic carbocycles. The van der Waals surface area contributed by atoms with E-state index in [0.29, 0.717) is 35.4 Å².